The Labute approximate surface area is 99.3 Å². The van der Waals surface area contributed by atoms with Gasteiger partial charge in [0.1, 0.15) is 0 Å². The first-order valence-electron chi connectivity index (χ1n) is 5.15. The zero-order valence-electron chi connectivity index (χ0n) is 9.73. The molecule has 0 atom stereocenters. The molecule has 0 heterocycles. The van der Waals surface area contributed by atoms with Crippen LogP contribution in [0.25, 0.3) is 5.70 Å². The van der Waals surface area contributed by atoms with Crippen molar-refractivity contribution in [2.75, 3.05) is 0 Å². The molecule has 1 aromatic carbocycles. The van der Waals surface area contributed by atoms with Crippen molar-refractivity contribution >= 4 is 11.4 Å². The molecule has 0 unspecified atom stereocenters. The lowest BCUT2D eigenvalue weighted by Gasteiger charge is -2.07. The number of nitrogens with two attached hydrogens (primary N) is 1. The van der Waals surface area contributed by atoms with Crippen LogP contribution in [0.4, 0.5) is 5.69 Å². The van der Waals surface area contributed by atoms with Gasteiger partial charge in [-0.25, -0.2) is 0 Å². The summed E-state index contributed by atoms with van der Waals surface area (Å²) in [6, 6.07) is 6.45. The third-order valence-corrected chi connectivity index (χ3v) is 2.52. The van der Waals surface area contributed by atoms with E-state index >= 15 is 0 Å². The number of hydrogen-bond acceptors (Lipinski definition) is 4. The van der Waals surface area contributed by atoms with Gasteiger partial charge in [0.2, 0.25) is 0 Å². The third-order valence-electron chi connectivity index (χ3n) is 2.52. The van der Waals surface area contributed by atoms with E-state index in [2.05, 4.69) is 0 Å². The van der Waals surface area contributed by atoms with E-state index in [0.29, 0.717) is 28.8 Å². The molecule has 0 saturated heterocycles. The van der Waals surface area contributed by atoms with Gasteiger partial charge in [-0.3, -0.25) is 10.1 Å². The van der Waals surface area contributed by atoms with Crippen molar-refractivity contribution < 1.29 is 4.92 Å². The Morgan fingerprint density at radius 1 is 1.59 bits per heavy atom. The summed E-state index contributed by atoms with van der Waals surface area (Å²) >= 11 is 0. The molecule has 0 aliphatic carbocycles. The third kappa shape index (κ3) is 2.61. The van der Waals surface area contributed by atoms with E-state index in [1.54, 1.807) is 13.0 Å². The highest BCUT2D eigenvalue weighted by Gasteiger charge is 2.11. The number of hydrogen-bond donors (Lipinski definition) is 1. The zero-order chi connectivity index (χ0) is 13.0. The molecule has 0 aliphatic rings. The van der Waals surface area contributed by atoms with Gasteiger partial charge in [-0.05, 0) is 25.0 Å². The molecule has 0 bridgehead atoms. The molecule has 0 radical (unpaired) electrons. The molecule has 5 nitrogen and oxygen atoms in total. The number of rotatable bonds is 3. The molecule has 2 N–H and O–H groups in total. The Balaban J connectivity index is 3.31. The Morgan fingerprint density at radius 3 is 2.65 bits per heavy atom. The van der Waals surface area contributed by atoms with Gasteiger partial charge in [0.15, 0.2) is 0 Å². The summed E-state index contributed by atoms with van der Waals surface area (Å²) in [6.45, 7) is 3.58. The first-order chi connectivity index (χ1) is 8.01. The Bertz CT molecular complexity index is 527. The van der Waals surface area contributed by atoms with Crippen molar-refractivity contribution in [1.29, 1.82) is 5.26 Å². The van der Waals surface area contributed by atoms with Crippen molar-refractivity contribution in [2.24, 2.45) is 5.73 Å². The van der Waals surface area contributed by atoms with E-state index in [1.807, 2.05) is 13.0 Å². The number of aryl methyl sites for hydroxylation is 1. The largest absolute Gasteiger partial charge is 0.397 e. The molecular weight excluding hydrogens is 218 g/mol. The summed E-state index contributed by atoms with van der Waals surface area (Å²) in [5.74, 6) is 0. The quantitative estimate of drug-likeness (QED) is 0.491. The van der Waals surface area contributed by atoms with Gasteiger partial charge < -0.3 is 5.73 Å². The van der Waals surface area contributed by atoms with E-state index in [4.69, 9.17) is 11.0 Å². The minimum Gasteiger partial charge on any atom is -0.397 e. The minimum absolute atomic E-state index is 0.0223. The SMILES string of the molecule is CC/C(C#N)=C(/N)c1ccc([N+](=O)[O-])cc1C. The van der Waals surface area contributed by atoms with Crippen molar-refractivity contribution in [3.63, 3.8) is 0 Å². The highest BCUT2D eigenvalue weighted by molar-refractivity contribution is 5.72. The van der Waals surface area contributed by atoms with Crippen molar-refractivity contribution in [3.05, 3.63) is 45.0 Å². The summed E-state index contributed by atoms with van der Waals surface area (Å²) < 4.78 is 0. The fraction of sp³-hybridized carbons (Fsp3) is 0.250. The predicted molar refractivity (Wildman–Crippen MR) is 64.8 cm³/mol. The van der Waals surface area contributed by atoms with Gasteiger partial charge in [-0.1, -0.05) is 6.92 Å². The summed E-state index contributed by atoms with van der Waals surface area (Å²) in [5, 5.41) is 19.5. The number of allylic oxidation sites excluding steroid dienone is 1. The van der Waals surface area contributed by atoms with Crippen LogP contribution in [0.15, 0.2) is 23.8 Å². The van der Waals surface area contributed by atoms with E-state index in [-0.39, 0.29) is 5.69 Å². The Kier molecular flexibility index (Phi) is 3.83. The second-order valence-corrected chi connectivity index (χ2v) is 3.61. The number of nitro groups is 1. The molecule has 0 spiro atoms. The topological polar surface area (TPSA) is 93.0 Å². The highest BCUT2D eigenvalue weighted by Crippen LogP contribution is 2.23. The van der Waals surface area contributed by atoms with Gasteiger partial charge >= 0.3 is 0 Å². The monoisotopic (exact) mass is 231 g/mol. The van der Waals surface area contributed by atoms with Crippen LogP contribution >= 0.6 is 0 Å². The number of nitriles is 1. The fourth-order valence-electron chi connectivity index (χ4n) is 1.56. The average Bonchev–Trinajstić information content (AvgIpc) is 2.30. The summed E-state index contributed by atoms with van der Waals surface area (Å²) in [6.07, 6.45) is 0.540. The second kappa shape index (κ2) is 5.12. The number of non-ortho nitro benzene ring substituents is 1. The molecule has 0 amide bonds. The molecule has 0 aromatic heterocycles. The molecule has 1 aromatic rings. The normalized spacial score (nSPS) is 11.6. The maximum absolute atomic E-state index is 10.6. The van der Waals surface area contributed by atoms with Crippen LogP contribution in [-0.4, -0.2) is 4.92 Å². The lowest BCUT2D eigenvalue weighted by molar-refractivity contribution is -0.384. The van der Waals surface area contributed by atoms with Crippen LogP contribution in [0.2, 0.25) is 0 Å². The van der Waals surface area contributed by atoms with Crippen molar-refractivity contribution in [3.8, 4) is 6.07 Å². The van der Waals surface area contributed by atoms with E-state index in [0.717, 1.165) is 0 Å². The van der Waals surface area contributed by atoms with E-state index in [9.17, 15) is 10.1 Å². The van der Waals surface area contributed by atoms with Gasteiger partial charge in [-0.2, -0.15) is 5.26 Å². The van der Waals surface area contributed by atoms with Crippen LogP contribution in [0.5, 0.6) is 0 Å². The highest BCUT2D eigenvalue weighted by atomic mass is 16.6. The van der Waals surface area contributed by atoms with Crippen LogP contribution in [-0.2, 0) is 0 Å². The van der Waals surface area contributed by atoms with Crippen molar-refractivity contribution in [1.82, 2.24) is 0 Å². The smallest absolute Gasteiger partial charge is 0.269 e. The molecule has 1 rings (SSSR count). The lowest BCUT2D eigenvalue weighted by atomic mass is 10.0. The van der Waals surface area contributed by atoms with Crippen molar-refractivity contribution in [2.45, 2.75) is 20.3 Å². The maximum atomic E-state index is 10.6. The first kappa shape index (κ1) is 12.7. The molecule has 0 fully saturated rings. The number of nitrogens with zero attached hydrogens (tertiary/aromatic N) is 2. The molecule has 0 aliphatic heterocycles. The van der Waals surface area contributed by atoms with E-state index < -0.39 is 4.92 Å². The predicted octanol–water partition coefficient (Wildman–Crippen LogP) is 2.51. The summed E-state index contributed by atoms with van der Waals surface area (Å²) in [4.78, 5) is 10.1. The summed E-state index contributed by atoms with van der Waals surface area (Å²) in [5.41, 5.74) is 8.14. The summed E-state index contributed by atoms with van der Waals surface area (Å²) in [7, 11) is 0. The minimum atomic E-state index is -0.457. The molecule has 88 valence electrons. The standard InChI is InChI=1S/C12H13N3O2/c1-3-9(7-13)12(14)11-5-4-10(15(16)17)6-8(11)2/h4-6H,3,14H2,1-2H3/b12-9-. The van der Waals surface area contributed by atoms with Crippen LogP contribution in [0, 0.1) is 28.4 Å². The van der Waals surface area contributed by atoms with Crippen LogP contribution < -0.4 is 5.73 Å². The lowest BCUT2D eigenvalue weighted by Crippen LogP contribution is -2.03. The van der Waals surface area contributed by atoms with E-state index in [1.165, 1.54) is 12.1 Å². The van der Waals surface area contributed by atoms with Crippen LogP contribution in [0.1, 0.15) is 24.5 Å². The second-order valence-electron chi connectivity index (χ2n) is 3.61. The molecule has 0 saturated carbocycles. The van der Waals surface area contributed by atoms with Gasteiger partial charge in [0.05, 0.1) is 22.3 Å². The van der Waals surface area contributed by atoms with Gasteiger partial charge in [0, 0.05) is 17.7 Å². The molecule has 5 heteroatoms. The fourth-order valence-corrected chi connectivity index (χ4v) is 1.56. The Morgan fingerprint density at radius 2 is 2.24 bits per heavy atom. The Hall–Kier alpha value is -2.35. The number of benzene rings is 1. The van der Waals surface area contributed by atoms with Gasteiger partial charge in [-0.15, -0.1) is 0 Å². The first-order valence-corrected chi connectivity index (χ1v) is 5.15. The van der Waals surface area contributed by atoms with Crippen LogP contribution in [0.3, 0.4) is 0 Å². The number of nitro benzene ring substituents is 1. The average molecular weight is 231 g/mol. The molecular formula is C12H13N3O2. The zero-order valence-corrected chi connectivity index (χ0v) is 9.73. The maximum Gasteiger partial charge on any atom is 0.269 e. The molecule has 17 heavy (non-hydrogen) atoms. The van der Waals surface area contributed by atoms with Gasteiger partial charge in [0.25, 0.3) is 5.69 Å².